The van der Waals surface area contributed by atoms with E-state index in [1.54, 1.807) is 6.92 Å². The lowest BCUT2D eigenvalue weighted by atomic mass is 10.2. The predicted octanol–water partition coefficient (Wildman–Crippen LogP) is 3.07. The molecule has 0 radical (unpaired) electrons. The van der Waals surface area contributed by atoms with Crippen LogP contribution >= 0.6 is 0 Å². The molecule has 0 aliphatic rings. The fourth-order valence-electron chi connectivity index (χ4n) is 1.59. The fraction of sp³-hybridized carbons (Fsp3) is 0.231. The van der Waals surface area contributed by atoms with Crippen LogP contribution in [0.3, 0.4) is 0 Å². The first-order valence-corrected chi connectivity index (χ1v) is 5.81. The lowest BCUT2D eigenvalue weighted by Gasteiger charge is -2.07. The molecule has 0 spiro atoms. The second-order valence-corrected chi connectivity index (χ2v) is 3.94. The maximum absolute atomic E-state index is 12.4. The van der Waals surface area contributed by atoms with Crippen molar-refractivity contribution in [1.29, 1.82) is 0 Å². The molecule has 0 fully saturated rings. The molecule has 106 valence electrons. The van der Waals surface area contributed by atoms with Crippen LogP contribution in [0.25, 0.3) is 5.69 Å². The number of halogens is 3. The summed E-state index contributed by atoms with van der Waals surface area (Å²) in [6.07, 6.45) is -1.67. The van der Waals surface area contributed by atoms with Gasteiger partial charge in [-0.25, -0.2) is 9.48 Å². The molecule has 2 aromatic rings. The van der Waals surface area contributed by atoms with Gasteiger partial charge in [0.2, 0.25) is 0 Å². The molecule has 0 atom stereocenters. The molecule has 0 saturated carbocycles. The summed E-state index contributed by atoms with van der Waals surface area (Å²) in [5.74, 6) is -0.523. The highest BCUT2D eigenvalue weighted by molar-refractivity contribution is 5.88. The Bertz CT molecular complexity index is 603. The summed E-state index contributed by atoms with van der Waals surface area (Å²) in [4.78, 5) is 11.5. The van der Waals surface area contributed by atoms with Crippen molar-refractivity contribution < 1.29 is 22.7 Å². The molecule has 1 aromatic heterocycles. The van der Waals surface area contributed by atoms with Gasteiger partial charge in [-0.2, -0.15) is 18.3 Å². The van der Waals surface area contributed by atoms with Crippen molar-refractivity contribution in [3.8, 4) is 5.69 Å². The lowest BCUT2D eigenvalue weighted by molar-refractivity contribution is -0.137. The first kappa shape index (κ1) is 14.1. The summed E-state index contributed by atoms with van der Waals surface area (Å²) in [6.45, 7) is 1.92. The van der Waals surface area contributed by atoms with Crippen molar-refractivity contribution in [2.75, 3.05) is 6.61 Å². The van der Waals surface area contributed by atoms with Crippen LogP contribution in [0, 0.1) is 0 Å². The molecular weight excluding hydrogens is 273 g/mol. The molecule has 0 bridgehead atoms. The van der Waals surface area contributed by atoms with Gasteiger partial charge >= 0.3 is 12.1 Å². The number of carbonyl (C=O) groups is 1. The number of ether oxygens (including phenoxy) is 1. The summed E-state index contributed by atoms with van der Waals surface area (Å²) >= 11 is 0. The van der Waals surface area contributed by atoms with Gasteiger partial charge in [0.1, 0.15) is 0 Å². The molecule has 2 rings (SSSR count). The topological polar surface area (TPSA) is 44.1 Å². The van der Waals surface area contributed by atoms with E-state index >= 15 is 0 Å². The minimum atomic E-state index is -4.38. The molecule has 0 aliphatic carbocycles. The Kier molecular flexibility index (Phi) is 3.78. The van der Waals surface area contributed by atoms with Crippen LogP contribution in [-0.4, -0.2) is 22.4 Å². The lowest BCUT2D eigenvalue weighted by Crippen LogP contribution is -2.05. The molecule has 1 aromatic carbocycles. The minimum absolute atomic E-state index is 0.240. The zero-order valence-corrected chi connectivity index (χ0v) is 10.5. The monoisotopic (exact) mass is 284 g/mol. The number of hydrogen-bond acceptors (Lipinski definition) is 3. The van der Waals surface area contributed by atoms with Crippen molar-refractivity contribution in [2.24, 2.45) is 0 Å². The molecule has 7 heteroatoms. The van der Waals surface area contributed by atoms with E-state index in [0.717, 1.165) is 12.1 Å². The zero-order chi connectivity index (χ0) is 14.8. The van der Waals surface area contributed by atoms with Gasteiger partial charge in [0, 0.05) is 6.20 Å². The highest BCUT2D eigenvalue weighted by Crippen LogP contribution is 2.29. The number of aromatic nitrogens is 2. The van der Waals surface area contributed by atoms with Crippen LogP contribution in [0.15, 0.2) is 36.7 Å². The Balaban J connectivity index is 2.22. The number of hydrogen-bond donors (Lipinski definition) is 0. The third-order valence-corrected chi connectivity index (χ3v) is 2.55. The molecule has 4 nitrogen and oxygen atoms in total. The summed E-state index contributed by atoms with van der Waals surface area (Å²) in [5.41, 5.74) is -0.0701. The molecule has 1 heterocycles. The van der Waals surface area contributed by atoms with Gasteiger partial charge in [-0.05, 0) is 31.2 Å². The number of rotatable bonds is 3. The summed E-state index contributed by atoms with van der Waals surface area (Å²) < 4.78 is 43.4. The Morgan fingerprint density at radius 2 is 1.95 bits per heavy atom. The van der Waals surface area contributed by atoms with Gasteiger partial charge in [0.25, 0.3) is 0 Å². The third kappa shape index (κ3) is 2.98. The van der Waals surface area contributed by atoms with Crippen LogP contribution in [0.2, 0.25) is 0 Å². The smallest absolute Gasteiger partial charge is 0.416 e. The summed E-state index contributed by atoms with van der Waals surface area (Å²) in [6, 6.07) is 4.48. The minimum Gasteiger partial charge on any atom is -0.462 e. The predicted molar refractivity (Wildman–Crippen MR) is 64.5 cm³/mol. The molecule has 20 heavy (non-hydrogen) atoms. The van der Waals surface area contributed by atoms with Crippen molar-refractivity contribution in [1.82, 2.24) is 9.78 Å². The molecule has 0 N–H and O–H groups in total. The van der Waals surface area contributed by atoms with Crippen molar-refractivity contribution >= 4 is 5.97 Å². The second-order valence-electron chi connectivity index (χ2n) is 3.94. The average molecular weight is 284 g/mol. The van der Waals surface area contributed by atoms with E-state index in [9.17, 15) is 18.0 Å². The average Bonchev–Trinajstić information content (AvgIpc) is 2.88. The molecule has 0 aliphatic heterocycles. The van der Waals surface area contributed by atoms with E-state index in [2.05, 4.69) is 5.10 Å². The van der Waals surface area contributed by atoms with Gasteiger partial charge in [-0.15, -0.1) is 0 Å². The summed E-state index contributed by atoms with van der Waals surface area (Å²) in [7, 11) is 0. The Morgan fingerprint density at radius 1 is 1.30 bits per heavy atom. The van der Waals surface area contributed by atoms with Gasteiger partial charge < -0.3 is 4.74 Å². The molecule has 0 amide bonds. The van der Waals surface area contributed by atoms with E-state index in [-0.39, 0.29) is 12.2 Å². The highest BCUT2D eigenvalue weighted by Gasteiger charge is 2.30. The Labute approximate surface area is 112 Å². The fourth-order valence-corrected chi connectivity index (χ4v) is 1.59. The maximum atomic E-state index is 12.4. The summed E-state index contributed by atoms with van der Waals surface area (Å²) in [5, 5.41) is 3.92. The van der Waals surface area contributed by atoms with Crippen LogP contribution < -0.4 is 0 Å². The van der Waals surface area contributed by atoms with E-state index in [0.29, 0.717) is 5.69 Å². The zero-order valence-electron chi connectivity index (χ0n) is 10.5. The number of benzene rings is 1. The van der Waals surface area contributed by atoms with E-state index in [4.69, 9.17) is 4.74 Å². The Morgan fingerprint density at radius 3 is 2.50 bits per heavy atom. The van der Waals surface area contributed by atoms with Crippen LogP contribution in [0.5, 0.6) is 0 Å². The van der Waals surface area contributed by atoms with Gasteiger partial charge in [0.05, 0.1) is 29.6 Å². The van der Waals surface area contributed by atoms with E-state index in [1.165, 1.54) is 29.2 Å². The van der Waals surface area contributed by atoms with Gasteiger partial charge in [0.15, 0.2) is 0 Å². The number of esters is 1. The normalized spacial score (nSPS) is 11.4. The van der Waals surface area contributed by atoms with Crippen LogP contribution in [-0.2, 0) is 10.9 Å². The SMILES string of the molecule is CCOC(=O)c1cnn(-c2ccc(C(F)(F)F)cc2)c1. The number of nitrogens with zero attached hydrogens (tertiary/aromatic N) is 2. The molecule has 0 saturated heterocycles. The number of alkyl halides is 3. The third-order valence-electron chi connectivity index (χ3n) is 2.55. The second kappa shape index (κ2) is 5.36. The van der Waals surface area contributed by atoms with Crippen molar-refractivity contribution in [2.45, 2.75) is 13.1 Å². The first-order chi connectivity index (χ1) is 9.41. The highest BCUT2D eigenvalue weighted by atomic mass is 19.4. The van der Waals surface area contributed by atoms with Crippen LogP contribution in [0.1, 0.15) is 22.8 Å². The van der Waals surface area contributed by atoms with E-state index < -0.39 is 17.7 Å². The van der Waals surface area contributed by atoms with Gasteiger partial charge in [-0.1, -0.05) is 0 Å². The molecule has 0 unspecified atom stereocenters. The largest absolute Gasteiger partial charge is 0.462 e. The van der Waals surface area contributed by atoms with Crippen molar-refractivity contribution in [3.63, 3.8) is 0 Å². The quantitative estimate of drug-likeness (QED) is 0.814. The van der Waals surface area contributed by atoms with Gasteiger partial charge in [-0.3, -0.25) is 0 Å². The van der Waals surface area contributed by atoms with E-state index in [1.807, 2.05) is 0 Å². The van der Waals surface area contributed by atoms with Crippen molar-refractivity contribution in [3.05, 3.63) is 47.8 Å². The standard InChI is InChI=1S/C13H11F3N2O2/c1-2-20-12(19)9-7-17-18(8-9)11-5-3-10(4-6-11)13(14,15)16/h3-8H,2H2,1H3. The maximum Gasteiger partial charge on any atom is 0.416 e. The number of carbonyl (C=O) groups excluding carboxylic acids is 1. The molecular formula is C13H11F3N2O2. The van der Waals surface area contributed by atoms with Crippen LogP contribution in [0.4, 0.5) is 13.2 Å². The first-order valence-electron chi connectivity index (χ1n) is 5.81. The Hall–Kier alpha value is -2.31.